The first-order chi connectivity index (χ1) is 9.76. The van der Waals surface area contributed by atoms with Crippen LogP contribution in [0.25, 0.3) is 0 Å². The summed E-state index contributed by atoms with van der Waals surface area (Å²) in [5.41, 5.74) is 0. The standard InChI is InChI=1S/C13H23N5O3/c1-7(2)9(14-13(20)21-6)11(19)16-12-15-10(8(3)4)17-18(12)5/h7-9H,1-6H3,(H,14,20)(H,15,16,17,19). The zero-order chi connectivity index (χ0) is 16.2. The highest BCUT2D eigenvalue weighted by Gasteiger charge is 2.26. The molecule has 1 aromatic heterocycles. The smallest absolute Gasteiger partial charge is 0.407 e. The van der Waals surface area contributed by atoms with Crippen LogP contribution in [0, 0.1) is 5.92 Å². The third-order valence-electron chi connectivity index (χ3n) is 2.94. The predicted molar refractivity (Wildman–Crippen MR) is 77.9 cm³/mol. The number of methoxy groups -OCH3 is 1. The maximum Gasteiger partial charge on any atom is 0.407 e. The molecule has 0 aliphatic heterocycles. The fraction of sp³-hybridized carbons (Fsp3) is 0.692. The lowest BCUT2D eigenvalue weighted by Gasteiger charge is -2.20. The van der Waals surface area contributed by atoms with Crippen LogP contribution in [0.5, 0.6) is 0 Å². The van der Waals surface area contributed by atoms with E-state index in [9.17, 15) is 9.59 Å². The number of rotatable bonds is 5. The maximum atomic E-state index is 12.3. The van der Waals surface area contributed by atoms with Crippen molar-refractivity contribution in [3.63, 3.8) is 0 Å². The zero-order valence-corrected chi connectivity index (χ0v) is 13.3. The fourth-order valence-corrected chi connectivity index (χ4v) is 1.67. The lowest BCUT2D eigenvalue weighted by atomic mass is 10.0. The number of alkyl carbamates (subject to hydrolysis) is 1. The molecule has 0 aliphatic rings. The van der Waals surface area contributed by atoms with Crippen molar-refractivity contribution in [1.82, 2.24) is 20.1 Å². The first kappa shape index (κ1) is 16.9. The van der Waals surface area contributed by atoms with E-state index in [1.54, 1.807) is 7.05 Å². The number of carbonyl (C=O) groups excluding carboxylic acids is 2. The molecule has 0 aromatic carbocycles. The van der Waals surface area contributed by atoms with Crippen LogP contribution in [-0.4, -0.2) is 39.9 Å². The van der Waals surface area contributed by atoms with E-state index in [1.165, 1.54) is 11.8 Å². The van der Waals surface area contributed by atoms with E-state index >= 15 is 0 Å². The summed E-state index contributed by atoms with van der Waals surface area (Å²) in [7, 11) is 2.95. The number of amides is 2. The van der Waals surface area contributed by atoms with Crippen molar-refractivity contribution in [2.75, 3.05) is 12.4 Å². The van der Waals surface area contributed by atoms with Gasteiger partial charge in [0.2, 0.25) is 11.9 Å². The summed E-state index contributed by atoms with van der Waals surface area (Å²) in [4.78, 5) is 27.8. The van der Waals surface area contributed by atoms with Crippen molar-refractivity contribution >= 4 is 17.9 Å². The zero-order valence-electron chi connectivity index (χ0n) is 13.3. The summed E-state index contributed by atoms with van der Waals surface area (Å²) in [5.74, 6) is 0.704. The lowest BCUT2D eigenvalue weighted by molar-refractivity contribution is -0.119. The van der Waals surface area contributed by atoms with Gasteiger partial charge in [-0.05, 0) is 5.92 Å². The number of nitrogens with zero attached hydrogens (tertiary/aromatic N) is 3. The Bertz CT molecular complexity index is 510. The van der Waals surface area contributed by atoms with Crippen LogP contribution >= 0.6 is 0 Å². The Morgan fingerprint density at radius 1 is 1.24 bits per heavy atom. The van der Waals surface area contributed by atoms with Crippen LogP contribution in [0.15, 0.2) is 0 Å². The van der Waals surface area contributed by atoms with E-state index in [2.05, 4.69) is 25.5 Å². The van der Waals surface area contributed by atoms with Gasteiger partial charge in [-0.2, -0.15) is 10.1 Å². The molecule has 8 nitrogen and oxygen atoms in total. The van der Waals surface area contributed by atoms with Gasteiger partial charge in [-0.25, -0.2) is 9.48 Å². The summed E-state index contributed by atoms with van der Waals surface area (Å²) >= 11 is 0. The first-order valence-corrected chi connectivity index (χ1v) is 6.82. The molecule has 1 rings (SSSR count). The molecular weight excluding hydrogens is 274 g/mol. The number of anilines is 1. The van der Waals surface area contributed by atoms with Gasteiger partial charge in [-0.1, -0.05) is 27.7 Å². The summed E-state index contributed by atoms with van der Waals surface area (Å²) < 4.78 is 6.03. The molecule has 1 atom stereocenters. The van der Waals surface area contributed by atoms with Crippen molar-refractivity contribution in [3.05, 3.63) is 5.82 Å². The average molecular weight is 297 g/mol. The molecular formula is C13H23N5O3. The molecule has 0 spiro atoms. The topological polar surface area (TPSA) is 98.1 Å². The van der Waals surface area contributed by atoms with E-state index in [0.717, 1.165) is 0 Å². The molecule has 1 aromatic rings. The second-order valence-corrected chi connectivity index (χ2v) is 5.42. The van der Waals surface area contributed by atoms with Crippen LogP contribution < -0.4 is 10.6 Å². The van der Waals surface area contributed by atoms with Gasteiger partial charge in [0.15, 0.2) is 5.82 Å². The van der Waals surface area contributed by atoms with E-state index in [1.807, 2.05) is 27.7 Å². The van der Waals surface area contributed by atoms with Crippen LogP contribution in [0.2, 0.25) is 0 Å². The second-order valence-electron chi connectivity index (χ2n) is 5.42. The fourth-order valence-electron chi connectivity index (χ4n) is 1.67. The molecule has 0 saturated carbocycles. The van der Waals surface area contributed by atoms with E-state index in [-0.39, 0.29) is 17.7 Å². The quantitative estimate of drug-likeness (QED) is 0.852. The molecule has 8 heteroatoms. The van der Waals surface area contributed by atoms with Gasteiger partial charge in [-0.15, -0.1) is 0 Å². The predicted octanol–water partition coefficient (Wildman–Crippen LogP) is 1.26. The van der Waals surface area contributed by atoms with Gasteiger partial charge in [0.1, 0.15) is 6.04 Å². The Hall–Kier alpha value is -2.12. The van der Waals surface area contributed by atoms with Crippen molar-refractivity contribution in [2.45, 2.75) is 39.7 Å². The molecule has 0 fully saturated rings. The Balaban J connectivity index is 2.84. The molecule has 2 N–H and O–H groups in total. The van der Waals surface area contributed by atoms with Crippen LogP contribution in [0.4, 0.5) is 10.7 Å². The molecule has 0 aliphatic carbocycles. The van der Waals surface area contributed by atoms with E-state index < -0.39 is 12.1 Å². The molecule has 0 bridgehead atoms. The molecule has 1 heterocycles. The van der Waals surface area contributed by atoms with Crippen LogP contribution in [0.3, 0.4) is 0 Å². The molecule has 1 unspecified atom stereocenters. The number of carbonyl (C=O) groups is 2. The Kier molecular flexibility index (Phi) is 5.69. The van der Waals surface area contributed by atoms with Crippen molar-refractivity contribution in [1.29, 1.82) is 0 Å². The highest BCUT2D eigenvalue weighted by molar-refractivity contribution is 5.95. The summed E-state index contributed by atoms with van der Waals surface area (Å²) in [6, 6.07) is -0.711. The van der Waals surface area contributed by atoms with Gasteiger partial charge in [0.05, 0.1) is 7.11 Å². The highest BCUT2D eigenvalue weighted by Crippen LogP contribution is 2.13. The lowest BCUT2D eigenvalue weighted by Crippen LogP contribution is -2.47. The Labute approximate surface area is 124 Å². The van der Waals surface area contributed by atoms with Crippen molar-refractivity contribution < 1.29 is 14.3 Å². The van der Waals surface area contributed by atoms with Gasteiger partial charge < -0.3 is 10.1 Å². The molecule has 0 radical (unpaired) electrons. The molecule has 118 valence electrons. The van der Waals surface area contributed by atoms with Gasteiger partial charge in [-0.3, -0.25) is 10.1 Å². The monoisotopic (exact) mass is 297 g/mol. The molecule has 21 heavy (non-hydrogen) atoms. The van der Waals surface area contributed by atoms with E-state index in [4.69, 9.17) is 0 Å². The van der Waals surface area contributed by atoms with Crippen LogP contribution in [0.1, 0.15) is 39.4 Å². The SMILES string of the molecule is COC(=O)NC(C(=O)Nc1nc(C(C)C)nn1C)C(C)C. The van der Waals surface area contributed by atoms with E-state index in [0.29, 0.717) is 11.8 Å². The minimum absolute atomic E-state index is 0.0955. The van der Waals surface area contributed by atoms with Gasteiger partial charge >= 0.3 is 6.09 Å². The van der Waals surface area contributed by atoms with Crippen LogP contribution in [-0.2, 0) is 16.6 Å². The number of nitrogens with one attached hydrogen (secondary N) is 2. The number of hydrogen-bond donors (Lipinski definition) is 2. The largest absolute Gasteiger partial charge is 0.453 e. The summed E-state index contributed by atoms with van der Waals surface area (Å²) in [5, 5.41) is 9.40. The summed E-state index contributed by atoms with van der Waals surface area (Å²) in [6.07, 6.45) is -0.648. The average Bonchev–Trinajstić information content (AvgIpc) is 2.76. The number of ether oxygens (including phenoxy) is 1. The number of aromatic nitrogens is 3. The third kappa shape index (κ3) is 4.44. The van der Waals surface area contributed by atoms with Crippen molar-refractivity contribution in [2.24, 2.45) is 13.0 Å². The summed E-state index contributed by atoms with van der Waals surface area (Å²) in [6.45, 7) is 7.60. The third-order valence-corrected chi connectivity index (χ3v) is 2.94. The molecule has 2 amide bonds. The second kappa shape index (κ2) is 7.05. The Morgan fingerprint density at radius 3 is 2.29 bits per heavy atom. The maximum absolute atomic E-state index is 12.3. The first-order valence-electron chi connectivity index (χ1n) is 6.82. The van der Waals surface area contributed by atoms with Gasteiger partial charge in [0, 0.05) is 13.0 Å². The minimum Gasteiger partial charge on any atom is -0.453 e. The van der Waals surface area contributed by atoms with Gasteiger partial charge in [0.25, 0.3) is 0 Å². The minimum atomic E-state index is -0.711. The van der Waals surface area contributed by atoms with Crippen molar-refractivity contribution in [3.8, 4) is 0 Å². The number of aryl methyl sites for hydroxylation is 1. The molecule has 0 saturated heterocycles. The number of hydrogen-bond acceptors (Lipinski definition) is 5. The highest BCUT2D eigenvalue weighted by atomic mass is 16.5. The normalized spacial score (nSPS) is 12.4. The Morgan fingerprint density at radius 2 is 1.86 bits per heavy atom.